The first-order chi connectivity index (χ1) is 8.60. The zero-order valence-electron chi connectivity index (χ0n) is 9.96. The van der Waals surface area contributed by atoms with Gasteiger partial charge in [-0.2, -0.15) is 0 Å². The van der Waals surface area contributed by atoms with Crippen molar-refractivity contribution in [3.63, 3.8) is 0 Å². The molecule has 0 saturated carbocycles. The van der Waals surface area contributed by atoms with Crippen LogP contribution in [0, 0.1) is 0 Å². The van der Waals surface area contributed by atoms with Crippen LogP contribution < -0.4 is 0 Å². The topological polar surface area (TPSA) is 29.5 Å². The highest BCUT2D eigenvalue weighted by Crippen LogP contribution is 2.22. The number of alkyl halides is 1. The molecule has 0 N–H and O–H groups in total. The van der Waals surface area contributed by atoms with Crippen molar-refractivity contribution in [2.75, 3.05) is 32.7 Å². The number of hydrogen-bond donors (Lipinski definition) is 0. The first-order valence-electron chi connectivity index (χ1n) is 5.39. The minimum Gasteiger partial charge on any atom is -0.383 e. The lowest BCUT2D eigenvalue weighted by atomic mass is 10.2. The zero-order chi connectivity index (χ0) is 13.5. The van der Waals surface area contributed by atoms with Gasteiger partial charge < -0.3 is 9.64 Å². The summed E-state index contributed by atoms with van der Waals surface area (Å²) in [5.41, 5.74) is 0.531. The Hall–Kier alpha value is -0.290. The van der Waals surface area contributed by atoms with Crippen molar-refractivity contribution >= 4 is 45.0 Å². The maximum atomic E-state index is 12.3. The Labute approximate surface area is 125 Å². The quantitative estimate of drug-likeness (QED) is 0.732. The molecule has 0 bridgehead atoms. The van der Waals surface area contributed by atoms with E-state index in [0.717, 1.165) is 0 Å². The van der Waals surface area contributed by atoms with Gasteiger partial charge in [0.05, 0.1) is 12.2 Å². The molecular formula is C12H14BrCl2NO2. The molecule has 0 unspecified atom stereocenters. The van der Waals surface area contributed by atoms with E-state index in [0.29, 0.717) is 40.6 Å². The van der Waals surface area contributed by atoms with Crippen LogP contribution in [0.2, 0.25) is 5.02 Å². The highest BCUT2D eigenvalue weighted by atomic mass is 79.9. The molecule has 0 aliphatic rings. The van der Waals surface area contributed by atoms with Gasteiger partial charge in [-0.15, -0.1) is 11.6 Å². The van der Waals surface area contributed by atoms with Gasteiger partial charge in [0.2, 0.25) is 0 Å². The Morgan fingerprint density at radius 2 is 2.17 bits per heavy atom. The average molecular weight is 355 g/mol. The van der Waals surface area contributed by atoms with E-state index in [1.54, 1.807) is 30.2 Å². The van der Waals surface area contributed by atoms with Crippen molar-refractivity contribution in [1.29, 1.82) is 0 Å². The molecule has 18 heavy (non-hydrogen) atoms. The second kappa shape index (κ2) is 8.00. The number of amides is 1. The van der Waals surface area contributed by atoms with Crippen LogP contribution in [0.4, 0.5) is 0 Å². The summed E-state index contributed by atoms with van der Waals surface area (Å²) in [7, 11) is 1.60. The Morgan fingerprint density at radius 3 is 2.78 bits per heavy atom. The highest BCUT2D eigenvalue weighted by Gasteiger charge is 2.17. The Balaban J connectivity index is 2.90. The summed E-state index contributed by atoms with van der Waals surface area (Å²) in [6, 6.07) is 5.12. The fourth-order valence-corrected chi connectivity index (χ4v) is 2.24. The number of nitrogens with zero attached hydrogens (tertiary/aromatic N) is 1. The number of rotatable bonds is 6. The van der Waals surface area contributed by atoms with Crippen LogP contribution in [0.15, 0.2) is 22.7 Å². The number of halogens is 3. The van der Waals surface area contributed by atoms with E-state index in [9.17, 15) is 4.79 Å². The average Bonchev–Trinajstić information content (AvgIpc) is 2.36. The second-order valence-corrected chi connectivity index (χ2v) is 5.27. The molecule has 0 aliphatic carbocycles. The van der Waals surface area contributed by atoms with Gasteiger partial charge in [-0.1, -0.05) is 11.6 Å². The maximum Gasteiger partial charge on any atom is 0.255 e. The van der Waals surface area contributed by atoms with Crippen LogP contribution in [-0.2, 0) is 4.74 Å². The van der Waals surface area contributed by atoms with Gasteiger partial charge in [-0.05, 0) is 34.1 Å². The molecule has 0 radical (unpaired) electrons. The van der Waals surface area contributed by atoms with Crippen molar-refractivity contribution in [3.05, 3.63) is 33.3 Å². The summed E-state index contributed by atoms with van der Waals surface area (Å²) in [6.07, 6.45) is 0. The number of ether oxygens (including phenoxy) is 1. The van der Waals surface area contributed by atoms with Gasteiger partial charge in [0.25, 0.3) is 5.91 Å². The predicted octanol–water partition coefficient (Wildman–Crippen LogP) is 3.43. The molecule has 1 aromatic carbocycles. The normalized spacial score (nSPS) is 10.4. The van der Waals surface area contributed by atoms with Crippen LogP contribution >= 0.6 is 39.1 Å². The molecule has 0 fully saturated rings. The first-order valence-corrected chi connectivity index (χ1v) is 7.10. The van der Waals surface area contributed by atoms with Crippen molar-refractivity contribution in [1.82, 2.24) is 4.90 Å². The van der Waals surface area contributed by atoms with Crippen LogP contribution in [0.25, 0.3) is 0 Å². The van der Waals surface area contributed by atoms with Crippen LogP contribution in [0.5, 0.6) is 0 Å². The van der Waals surface area contributed by atoms with Crippen molar-refractivity contribution in [2.24, 2.45) is 0 Å². The van der Waals surface area contributed by atoms with E-state index in [4.69, 9.17) is 27.9 Å². The van der Waals surface area contributed by atoms with Gasteiger partial charge >= 0.3 is 0 Å². The van der Waals surface area contributed by atoms with E-state index >= 15 is 0 Å². The lowest BCUT2D eigenvalue weighted by molar-refractivity contribution is 0.0707. The monoisotopic (exact) mass is 353 g/mol. The van der Waals surface area contributed by atoms with E-state index in [1.165, 1.54) is 0 Å². The standard InChI is InChI=1S/C12H14BrCl2NO2/c1-18-7-6-16(5-4-14)12(17)10-8-9(15)2-3-11(10)13/h2-3,8H,4-7H2,1H3. The zero-order valence-corrected chi connectivity index (χ0v) is 13.1. The summed E-state index contributed by atoms with van der Waals surface area (Å²) in [4.78, 5) is 14.0. The Morgan fingerprint density at radius 1 is 1.44 bits per heavy atom. The summed E-state index contributed by atoms with van der Waals surface area (Å²) in [5, 5.41) is 0.527. The summed E-state index contributed by atoms with van der Waals surface area (Å²) < 4.78 is 5.70. The molecule has 0 spiro atoms. The molecule has 0 saturated heterocycles. The lowest BCUT2D eigenvalue weighted by Crippen LogP contribution is -2.35. The minimum absolute atomic E-state index is 0.109. The third kappa shape index (κ3) is 4.43. The molecule has 1 aromatic rings. The largest absolute Gasteiger partial charge is 0.383 e. The third-order valence-electron chi connectivity index (χ3n) is 2.37. The van der Waals surface area contributed by atoms with Gasteiger partial charge in [-0.3, -0.25) is 4.79 Å². The summed E-state index contributed by atoms with van der Waals surface area (Å²) in [5.74, 6) is 0.273. The van der Waals surface area contributed by atoms with Gasteiger partial charge in [-0.25, -0.2) is 0 Å². The Bertz CT molecular complexity index is 415. The van der Waals surface area contributed by atoms with Gasteiger partial charge in [0.1, 0.15) is 0 Å². The lowest BCUT2D eigenvalue weighted by Gasteiger charge is -2.22. The fourth-order valence-electron chi connectivity index (χ4n) is 1.45. The molecule has 0 heterocycles. The van der Waals surface area contributed by atoms with E-state index in [-0.39, 0.29) is 5.91 Å². The molecule has 0 atom stereocenters. The van der Waals surface area contributed by atoms with Gasteiger partial charge in [0, 0.05) is 35.6 Å². The van der Waals surface area contributed by atoms with Crippen molar-refractivity contribution in [3.8, 4) is 0 Å². The molecule has 1 amide bonds. The van der Waals surface area contributed by atoms with E-state index in [1.807, 2.05) is 0 Å². The molecular weight excluding hydrogens is 341 g/mol. The summed E-state index contributed by atoms with van der Waals surface area (Å²) >= 11 is 15.0. The first kappa shape index (κ1) is 15.8. The van der Waals surface area contributed by atoms with E-state index in [2.05, 4.69) is 15.9 Å². The molecule has 0 aliphatic heterocycles. The molecule has 3 nitrogen and oxygen atoms in total. The summed E-state index contributed by atoms with van der Waals surface area (Å²) in [6.45, 7) is 1.45. The third-order valence-corrected chi connectivity index (χ3v) is 3.46. The number of carbonyl (C=O) groups is 1. The Kier molecular flexibility index (Phi) is 7.00. The predicted molar refractivity (Wildman–Crippen MR) is 77.7 cm³/mol. The number of methoxy groups -OCH3 is 1. The molecule has 1 rings (SSSR count). The number of benzene rings is 1. The highest BCUT2D eigenvalue weighted by molar-refractivity contribution is 9.10. The maximum absolute atomic E-state index is 12.3. The van der Waals surface area contributed by atoms with Crippen LogP contribution in [0.3, 0.4) is 0 Å². The fraction of sp³-hybridized carbons (Fsp3) is 0.417. The van der Waals surface area contributed by atoms with E-state index < -0.39 is 0 Å². The number of carbonyl (C=O) groups excluding carboxylic acids is 1. The van der Waals surface area contributed by atoms with Crippen molar-refractivity contribution < 1.29 is 9.53 Å². The smallest absolute Gasteiger partial charge is 0.255 e. The molecule has 0 aromatic heterocycles. The number of hydrogen-bond acceptors (Lipinski definition) is 2. The van der Waals surface area contributed by atoms with Crippen LogP contribution in [0.1, 0.15) is 10.4 Å². The second-order valence-electron chi connectivity index (χ2n) is 3.60. The van der Waals surface area contributed by atoms with Crippen LogP contribution in [-0.4, -0.2) is 43.5 Å². The molecule has 100 valence electrons. The minimum atomic E-state index is -0.109. The molecule has 6 heteroatoms. The SMILES string of the molecule is COCCN(CCCl)C(=O)c1cc(Cl)ccc1Br. The van der Waals surface area contributed by atoms with Gasteiger partial charge in [0.15, 0.2) is 0 Å². The van der Waals surface area contributed by atoms with Crippen molar-refractivity contribution in [2.45, 2.75) is 0 Å².